The van der Waals surface area contributed by atoms with Crippen LogP contribution in [0.2, 0.25) is 0 Å². The Morgan fingerprint density at radius 3 is 3.08 bits per heavy atom. The molecule has 4 nitrogen and oxygen atoms in total. The van der Waals surface area contributed by atoms with Crippen LogP contribution in [0.1, 0.15) is 5.56 Å². The van der Waals surface area contributed by atoms with E-state index in [4.69, 9.17) is 15.0 Å². The Bertz CT molecular complexity index is 384. The topological polar surface area (TPSA) is 61.3 Å². The summed E-state index contributed by atoms with van der Waals surface area (Å²) in [7, 11) is 1.61. The molecular weight excluding hydrogens is 168 g/mol. The highest BCUT2D eigenvalue weighted by Gasteiger charge is 2.08. The van der Waals surface area contributed by atoms with Gasteiger partial charge in [-0.2, -0.15) is 0 Å². The van der Waals surface area contributed by atoms with Crippen molar-refractivity contribution < 1.29 is 9.26 Å². The van der Waals surface area contributed by atoms with Gasteiger partial charge in [-0.25, -0.2) is 0 Å². The molecule has 0 aliphatic carbocycles. The molecule has 0 aliphatic rings. The molecule has 0 bridgehead atoms. The number of methoxy groups -OCH3 is 1. The van der Waals surface area contributed by atoms with Gasteiger partial charge in [-0.3, -0.25) is 0 Å². The second kappa shape index (κ2) is 3.06. The van der Waals surface area contributed by atoms with Gasteiger partial charge in [0, 0.05) is 12.1 Å². The second-order valence-corrected chi connectivity index (χ2v) is 2.70. The number of aromatic nitrogens is 1. The quantitative estimate of drug-likeness (QED) is 0.752. The number of nitrogens with two attached hydrogens (primary N) is 1. The van der Waals surface area contributed by atoms with E-state index in [0.717, 1.165) is 16.7 Å². The van der Waals surface area contributed by atoms with Crippen LogP contribution in [-0.4, -0.2) is 12.3 Å². The van der Waals surface area contributed by atoms with Crippen LogP contribution in [-0.2, 0) is 6.54 Å². The molecule has 0 spiro atoms. The van der Waals surface area contributed by atoms with Crippen molar-refractivity contribution in [2.24, 2.45) is 5.73 Å². The molecule has 0 radical (unpaired) electrons. The van der Waals surface area contributed by atoms with Crippen LogP contribution in [0.3, 0.4) is 0 Å². The van der Waals surface area contributed by atoms with E-state index in [1.807, 2.05) is 12.1 Å². The standard InChI is InChI=1S/C9H10N2O2/c1-12-8-3-2-6(4-10)9-7(8)5-11-13-9/h2-3,5H,4,10H2,1H3. The lowest BCUT2D eigenvalue weighted by Gasteiger charge is -2.02. The summed E-state index contributed by atoms with van der Waals surface area (Å²) in [6.07, 6.45) is 1.63. The van der Waals surface area contributed by atoms with Crippen LogP contribution in [0.4, 0.5) is 0 Å². The maximum absolute atomic E-state index is 5.54. The first kappa shape index (κ1) is 8.07. The van der Waals surface area contributed by atoms with Crippen molar-refractivity contribution in [3.8, 4) is 5.75 Å². The van der Waals surface area contributed by atoms with Crippen LogP contribution in [0, 0.1) is 0 Å². The fraction of sp³-hybridized carbons (Fsp3) is 0.222. The number of hydrogen-bond donors (Lipinski definition) is 1. The van der Waals surface area contributed by atoms with Gasteiger partial charge in [0.2, 0.25) is 0 Å². The van der Waals surface area contributed by atoms with Crippen molar-refractivity contribution in [2.45, 2.75) is 6.54 Å². The van der Waals surface area contributed by atoms with E-state index in [0.29, 0.717) is 12.1 Å². The monoisotopic (exact) mass is 178 g/mol. The van der Waals surface area contributed by atoms with E-state index in [-0.39, 0.29) is 0 Å². The van der Waals surface area contributed by atoms with Crippen LogP contribution in [0.5, 0.6) is 5.75 Å². The van der Waals surface area contributed by atoms with E-state index < -0.39 is 0 Å². The van der Waals surface area contributed by atoms with Gasteiger partial charge < -0.3 is 15.0 Å². The largest absolute Gasteiger partial charge is 0.496 e. The first-order chi connectivity index (χ1) is 6.36. The van der Waals surface area contributed by atoms with Crippen LogP contribution in [0.15, 0.2) is 22.9 Å². The Morgan fingerprint density at radius 2 is 2.38 bits per heavy atom. The van der Waals surface area contributed by atoms with Gasteiger partial charge in [-0.05, 0) is 6.07 Å². The van der Waals surface area contributed by atoms with Crippen molar-refractivity contribution in [3.05, 3.63) is 23.9 Å². The third-order valence-corrected chi connectivity index (χ3v) is 2.00. The lowest BCUT2D eigenvalue weighted by atomic mass is 10.1. The molecule has 0 aliphatic heterocycles. The fourth-order valence-electron chi connectivity index (χ4n) is 1.33. The number of fused-ring (bicyclic) bond motifs is 1. The number of nitrogens with zero attached hydrogens (tertiary/aromatic N) is 1. The third-order valence-electron chi connectivity index (χ3n) is 2.00. The maximum Gasteiger partial charge on any atom is 0.175 e. The lowest BCUT2D eigenvalue weighted by molar-refractivity contribution is 0.419. The van der Waals surface area contributed by atoms with Crippen LogP contribution < -0.4 is 10.5 Å². The van der Waals surface area contributed by atoms with Gasteiger partial charge in [-0.15, -0.1) is 0 Å². The van der Waals surface area contributed by atoms with Crippen LogP contribution >= 0.6 is 0 Å². The minimum absolute atomic E-state index is 0.440. The lowest BCUT2D eigenvalue weighted by Crippen LogP contribution is -1.96. The number of rotatable bonds is 2. The molecule has 13 heavy (non-hydrogen) atoms. The van der Waals surface area contributed by atoms with Gasteiger partial charge in [0.05, 0.1) is 18.7 Å². The summed E-state index contributed by atoms with van der Waals surface area (Å²) in [6, 6.07) is 3.74. The summed E-state index contributed by atoms with van der Waals surface area (Å²) in [5.74, 6) is 0.758. The Kier molecular flexibility index (Phi) is 1.90. The van der Waals surface area contributed by atoms with E-state index in [9.17, 15) is 0 Å². The summed E-state index contributed by atoms with van der Waals surface area (Å²) in [4.78, 5) is 0. The predicted molar refractivity (Wildman–Crippen MR) is 48.5 cm³/mol. The summed E-state index contributed by atoms with van der Waals surface area (Å²) in [5, 5.41) is 4.57. The van der Waals surface area contributed by atoms with E-state index in [1.54, 1.807) is 13.3 Å². The van der Waals surface area contributed by atoms with Crippen LogP contribution in [0.25, 0.3) is 11.0 Å². The summed E-state index contributed by atoms with van der Waals surface area (Å²) >= 11 is 0. The highest BCUT2D eigenvalue weighted by molar-refractivity contribution is 5.85. The normalized spacial score (nSPS) is 10.6. The minimum atomic E-state index is 0.440. The molecular formula is C9H10N2O2. The van der Waals surface area contributed by atoms with Gasteiger partial charge in [-0.1, -0.05) is 11.2 Å². The van der Waals surface area contributed by atoms with Crippen molar-refractivity contribution in [1.82, 2.24) is 5.16 Å². The zero-order chi connectivity index (χ0) is 9.26. The summed E-state index contributed by atoms with van der Waals surface area (Å²) in [6.45, 7) is 0.440. The predicted octanol–water partition coefficient (Wildman–Crippen LogP) is 1.30. The zero-order valence-corrected chi connectivity index (χ0v) is 7.28. The Balaban J connectivity index is 2.74. The molecule has 68 valence electrons. The van der Waals surface area contributed by atoms with Gasteiger partial charge in [0.15, 0.2) is 5.58 Å². The molecule has 2 N–H and O–H groups in total. The summed E-state index contributed by atoms with van der Waals surface area (Å²) in [5.41, 5.74) is 7.19. The molecule has 0 unspecified atom stereocenters. The molecule has 0 fully saturated rings. The molecule has 1 heterocycles. The Morgan fingerprint density at radius 1 is 1.54 bits per heavy atom. The average Bonchev–Trinajstić information content (AvgIpc) is 2.64. The molecule has 1 aromatic heterocycles. The molecule has 2 rings (SSSR count). The highest BCUT2D eigenvalue weighted by Crippen LogP contribution is 2.27. The summed E-state index contributed by atoms with van der Waals surface area (Å²) < 4.78 is 10.2. The first-order valence-corrected chi connectivity index (χ1v) is 3.97. The van der Waals surface area contributed by atoms with Crippen molar-refractivity contribution in [2.75, 3.05) is 7.11 Å². The first-order valence-electron chi connectivity index (χ1n) is 3.97. The van der Waals surface area contributed by atoms with Gasteiger partial charge >= 0.3 is 0 Å². The maximum atomic E-state index is 5.54. The van der Waals surface area contributed by atoms with Crippen molar-refractivity contribution in [3.63, 3.8) is 0 Å². The SMILES string of the molecule is COc1ccc(CN)c2oncc12. The molecule has 0 atom stereocenters. The second-order valence-electron chi connectivity index (χ2n) is 2.70. The zero-order valence-electron chi connectivity index (χ0n) is 7.28. The number of hydrogen-bond acceptors (Lipinski definition) is 4. The fourth-order valence-corrected chi connectivity index (χ4v) is 1.33. The van der Waals surface area contributed by atoms with Gasteiger partial charge in [0.1, 0.15) is 5.75 Å². The Hall–Kier alpha value is -1.55. The van der Waals surface area contributed by atoms with Crippen molar-refractivity contribution >= 4 is 11.0 Å². The highest BCUT2D eigenvalue weighted by atomic mass is 16.5. The average molecular weight is 178 g/mol. The smallest absolute Gasteiger partial charge is 0.175 e. The Labute approximate surface area is 75.3 Å². The molecule has 1 aromatic carbocycles. The van der Waals surface area contributed by atoms with Gasteiger partial charge in [0.25, 0.3) is 0 Å². The van der Waals surface area contributed by atoms with E-state index >= 15 is 0 Å². The molecule has 0 saturated carbocycles. The molecule has 2 aromatic rings. The molecule has 0 amide bonds. The minimum Gasteiger partial charge on any atom is -0.496 e. The third kappa shape index (κ3) is 1.15. The molecule has 4 heteroatoms. The van der Waals surface area contributed by atoms with Crippen molar-refractivity contribution in [1.29, 1.82) is 0 Å². The van der Waals surface area contributed by atoms with E-state index in [2.05, 4.69) is 5.16 Å². The number of ether oxygens (including phenoxy) is 1. The number of benzene rings is 1. The van der Waals surface area contributed by atoms with E-state index in [1.165, 1.54) is 0 Å². The molecule has 0 saturated heterocycles.